The Hall–Kier alpha value is -2.57. The van der Waals surface area contributed by atoms with E-state index in [2.05, 4.69) is 11.6 Å². The van der Waals surface area contributed by atoms with Crippen molar-refractivity contribution in [3.63, 3.8) is 0 Å². The van der Waals surface area contributed by atoms with Crippen LogP contribution in [-0.2, 0) is 17.8 Å². The van der Waals surface area contributed by atoms with Crippen molar-refractivity contribution in [3.05, 3.63) is 64.4 Å². The van der Waals surface area contributed by atoms with Gasteiger partial charge in [-0.05, 0) is 35.9 Å². The highest BCUT2D eigenvalue weighted by Crippen LogP contribution is 2.28. The van der Waals surface area contributed by atoms with Crippen LogP contribution in [0, 0.1) is 0 Å². The normalized spacial score (nSPS) is 11.6. The van der Waals surface area contributed by atoms with Crippen molar-refractivity contribution in [3.8, 4) is 11.5 Å². The van der Waals surface area contributed by atoms with Crippen LogP contribution in [0.3, 0.4) is 0 Å². The molecule has 0 aliphatic rings. The van der Waals surface area contributed by atoms with Crippen molar-refractivity contribution in [2.24, 2.45) is 4.99 Å². The molecule has 0 fully saturated rings. The van der Waals surface area contributed by atoms with Crippen molar-refractivity contribution < 1.29 is 14.3 Å². The molecule has 5 nitrogen and oxygen atoms in total. The van der Waals surface area contributed by atoms with Crippen LogP contribution in [-0.4, -0.2) is 24.7 Å². The molecule has 3 aromatic rings. The van der Waals surface area contributed by atoms with Gasteiger partial charge in [0.15, 0.2) is 16.3 Å². The molecule has 1 aromatic heterocycles. The Morgan fingerprint density at radius 3 is 2.70 bits per heavy atom. The molecule has 0 unspecified atom stereocenters. The number of hydrogen-bond acceptors (Lipinski definition) is 4. The van der Waals surface area contributed by atoms with E-state index in [0.717, 1.165) is 15.8 Å². The van der Waals surface area contributed by atoms with Gasteiger partial charge in [0.1, 0.15) is 0 Å². The fourth-order valence-electron chi connectivity index (χ4n) is 2.75. The van der Waals surface area contributed by atoms with Crippen LogP contribution in [0.15, 0.2) is 54.0 Å². The number of allylic oxidation sites excluding steroid dienone is 1. The van der Waals surface area contributed by atoms with E-state index in [-0.39, 0.29) is 12.3 Å². The summed E-state index contributed by atoms with van der Waals surface area (Å²) in [5, 5.41) is 0.651. The Kier molecular flexibility index (Phi) is 5.98. The van der Waals surface area contributed by atoms with Gasteiger partial charge >= 0.3 is 0 Å². The van der Waals surface area contributed by atoms with Gasteiger partial charge in [-0.15, -0.1) is 6.58 Å². The summed E-state index contributed by atoms with van der Waals surface area (Å²) >= 11 is 7.51. The molecule has 0 spiro atoms. The molecule has 0 aliphatic heterocycles. The van der Waals surface area contributed by atoms with Crippen molar-refractivity contribution in [2.75, 3.05) is 14.2 Å². The maximum absolute atomic E-state index is 12.5. The second kappa shape index (κ2) is 8.41. The number of halogens is 1. The summed E-state index contributed by atoms with van der Waals surface area (Å²) < 4.78 is 13.4. The van der Waals surface area contributed by atoms with E-state index in [1.165, 1.54) is 11.3 Å². The van der Waals surface area contributed by atoms with Crippen LogP contribution < -0.4 is 14.3 Å². The Morgan fingerprint density at radius 1 is 1.22 bits per heavy atom. The molecule has 140 valence electrons. The standard InChI is InChI=1S/C20H19ClN2O3S/c1-4-9-23-15-7-6-14(21)12-18(15)27-20(23)22-19(24)11-13-5-8-16(25-2)17(10-13)26-3/h4-8,10,12H,1,9,11H2,2-3H3. The second-order valence-corrected chi connectivity index (χ2v) is 7.21. The quantitative estimate of drug-likeness (QED) is 0.580. The van der Waals surface area contributed by atoms with Crippen molar-refractivity contribution in [2.45, 2.75) is 13.0 Å². The molecule has 0 saturated heterocycles. The lowest BCUT2D eigenvalue weighted by molar-refractivity contribution is -0.117. The number of carbonyl (C=O) groups is 1. The Balaban J connectivity index is 1.95. The fourth-order valence-corrected chi connectivity index (χ4v) is 4.08. The SMILES string of the molecule is C=CCn1c(=NC(=O)Cc2ccc(OC)c(OC)c2)sc2cc(Cl)ccc21. The van der Waals surface area contributed by atoms with E-state index in [1.807, 2.05) is 28.8 Å². The van der Waals surface area contributed by atoms with E-state index in [9.17, 15) is 4.79 Å². The van der Waals surface area contributed by atoms with E-state index in [1.54, 1.807) is 32.4 Å². The molecule has 0 radical (unpaired) electrons. The zero-order valence-electron chi connectivity index (χ0n) is 15.1. The molecular formula is C20H19ClN2O3S. The molecule has 1 heterocycles. The topological polar surface area (TPSA) is 52.8 Å². The summed E-state index contributed by atoms with van der Waals surface area (Å²) in [6.45, 7) is 4.35. The molecule has 7 heteroatoms. The maximum atomic E-state index is 12.5. The summed E-state index contributed by atoms with van der Waals surface area (Å²) in [4.78, 5) is 17.5. The number of hydrogen-bond donors (Lipinski definition) is 0. The number of methoxy groups -OCH3 is 2. The average molecular weight is 403 g/mol. The van der Waals surface area contributed by atoms with E-state index in [4.69, 9.17) is 21.1 Å². The van der Waals surface area contributed by atoms with Crippen LogP contribution in [0.5, 0.6) is 11.5 Å². The lowest BCUT2D eigenvalue weighted by Gasteiger charge is -2.08. The number of nitrogens with zero attached hydrogens (tertiary/aromatic N) is 2. The second-order valence-electron chi connectivity index (χ2n) is 5.77. The zero-order chi connectivity index (χ0) is 19.4. The van der Waals surface area contributed by atoms with E-state index >= 15 is 0 Å². The number of benzene rings is 2. The van der Waals surface area contributed by atoms with Gasteiger partial charge in [-0.2, -0.15) is 4.99 Å². The summed E-state index contributed by atoms with van der Waals surface area (Å²) in [5.74, 6) is 0.967. The van der Waals surface area contributed by atoms with Gasteiger partial charge in [-0.3, -0.25) is 4.79 Å². The van der Waals surface area contributed by atoms with Crippen LogP contribution in [0.25, 0.3) is 10.2 Å². The van der Waals surface area contributed by atoms with Gasteiger partial charge in [0.05, 0.1) is 30.9 Å². The highest BCUT2D eigenvalue weighted by atomic mass is 35.5. The number of carbonyl (C=O) groups excluding carboxylic acids is 1. The summed E-state index contributed by atoms with van der Waals surface area (Å²) in [7, 11) is 3.14. The predicted molar refractivity (Wildman–Crippen MR) is 109 cm³/mol. The third-order valence-electron chi connectivity index (χ3n) is 3.98. The molecule has 0 atom stereocenters. The molecular weight excluding hydrogens is 384 g/mol. The van der Waals surface area contributed by atoms with Crippen LogP contribution in [0.2, 0.25) is 5.02 Å². The smallest absolute Gasteiger partial charge is 0.252 e. The van der Waals surface area contributed by atoms with E-state index < -0.39 is 0 Å². The third-order valence-corrected chi connectivity index (χ3v) is 5.26. The lowest BCUT2D eigenvalue weighted by Crippen LogP contribution is -2.16. The molecule has 0 bridgehead atoms. The Labute approximate surface area is 166 Å². The van der Waals surface area contributed by atoms with Crippen LogP contribution >= 0.6 is 22.9 Å². The zero-order valence-corrected chi connectivity index (χ0v) is 16.6. The summed E-state index contributed by atoms with van der Waals surface area (Å²) in [5.41, 5.74) is 1.78. The van der Waals surface area contributed by atoms with E-state index in [0.29, 0.717) is 27.9 Å². The molecule has 2 aromatic carbocycles. The van der Waals surface area contributed by atoms with Gasteiger partial charge in [-0.1, -0.05) is 35.1 Å². The molecule has 1 amide bonds. The van der Waals surface area contributed by atoms with Gasteiger partial charge < -0.3 is 14.0 Å². The summed E-state index contributed by atoms with van der Waals surface area (Å²) in [6.07, 6.45) is 1.95. The number of rotatable bonds is 6. The largest absolute Gasteiger partial charge is 0.493 e. The van der Waals surface area contributed by atoms with Crippen molar-refractivity contribution in [1.82, 2.24) is 4.57 Å². The molecule has 0 N–H and O–H groups in total. The monoisotopic (exact) mass is 402 g/mol. The first-order valence-corrected chi connectivity index (χ1v) is 9.43. The Bertz CT molecular complexity index is 1070. The maximum Gasteiger partial charge on any atom is 0.252 e. The lowest BCUT2D eigenvalue weighted by atomic mass is 10.1. The first-order chi connectivity index (χ1) is 13.0. The molecule has 27 heavy (non-hydrogen) atoms. The first-order valence-electron chi connectivity index (χ1n) is 8.24. The first kappa shape index (κ1) is 19.2. The number of amides is 1. The minimum atomic E-state index is -0.238. The van der Waals surface area contributed by atoms with Crippen LogP contribution in [0.4, 0.5) is 0 Å². The van der Waals surface area contributed by atoms with Gasteiger partial charge in [-0.25, -0.2) is 0 Å². The highest BCUT2D eigenvalue weighted by Gasteiger charge is 2.10. The van der Waals surface area contributed by atoms with Gasteiger partial charge in [0.2, 0.25) is 0 Å². The number of ether oxygens (including phenoxy) is 2. The molecule has 3 rings (SSSR count). The van der Waals surface area contributed by atoms with Crippen LogP contribution in [0.1, 0.15) is 5.56 Å². The highest BCUT2D eigenvalue weighted by molar-refractivity contribution is 7.16. The number of aromatic nitrogens is 1. The van der Waals surface area contributed by atoms with Gasteiger partial charge in [0, 0.05) is 11.6 Å². The van der Waals surface area contributed by atoms with Crippen molar-refractivity contribution >= 4 is 39.1 Å². The Morgan fingerprint density at radius 2 is 2.00 bits per heavy atom. The average Bonchev–Trinajstić information content (AvgIpc) is 2.98. The predicted octanol–water partition coefficient (Wildman–Crippen LogP) is 4.23. The molecule has 0 saturated carbocycles. The fraction of sp³-hybridized carbons (Fsp3) is 0.200. The molecule has 0 aliphatic carbocycles. The summed E-state index contributed by atoms with van der Waals surface area (Å²) in [6, 6.07) is 11.0. The number of thiazole rings is 1. The minimum Gasteiger partial charge on any atom is -0.493 e. The minimum absolute atomic E-state index is 0.170. The third kappa shape index (κ3) is 4.23. The van der Waals surface area contributed by atoms with Gasteiger partial charge in [0.25, 0.3) is 5.91 Å². The number of fused-ring (bicyclic) bond motifs is 1. The van der Waals surface area contributed by atoms with Crippen molar-refractivity contribution in [1.29, 1.82) is 0 Å².